The Morgan fingerprint density at radius 3 is 2.71 bits per heavy atom. The Balaban J connectivity index is 1.45. The Morgan fingerprint density at radius 1 is 1.04 bits per heavy atom. The van der Waals surface area contributed by atoms with Crippen LogP contribution in [0.25, 0.3) is 0 Å². The van der Waals surface area contributed by atoms with Crippen LogP contribution in [0.15, 0.2) is 65.3 Å². The summed E-state index contributed by atoms with van der Waals surface area (Å²) in [6.07, 6.45) is 2.06. The average molecular weight is 440 g/mol. The summed E-state index contributed by atoms with van der Waals surface area (Å²) < 4.78 is 14.0. The number of anilines is 1. The van der Waals surface area contributed by atoms with Gasteiger partial charge in [0.15, 0.2) is 11.5 Å². The number of nitrogens with zero attached hydrogens (tertiary/aromatic N) is 2. The molecule has 0 fully saturated rings. The number of carbonyl (C=O) groups excluding carboxylic acids is 1. The highest BCUT2D eigenvalue weighted by Crippen LogP contribution is 2.36. The van der Waals surface area contributed by atoms with Gasteiger partial charge in [-0.2, -0.15) is 0 Å². The van der Waals surface area contributed by atoms with Crippen molar-refractivity contribution >= 4 is 27.6 Å². The molecular weight excluding hydrogens is 422 g/mol. The summed E-state index contributed by atoms with van der Waals surface area (Å²) in [5, 5.41) is 3.01. The summed E-state index contributed by atoms with van der Waals surface area (Å²) in [5.41, 5.74) is 2.86. The minimum absolute atomic E-state index is 0.140. The molecule has 5 rings (SSSR count). The summed E-state index contributed by atoms with van der Waals surface area (Å²) in [7, 11) is 0. The number of hydrogen-bond donors (Lipinski definition) is 1. The van der Waals surface area contributed by atoms with Crippen molar-refractivity contribution in [1.82, 2.24) is 9.47 Å². The van der Waals surface area contributed by atoms with E-state index in [4.69, 9.17) is 9.47 Å². The minimum atomic E-state index is -0.147. The molecule has 3 heterocycles. The van der Waals surface area contributed by atoms with E-state index in [1.54, 1.807) is 6.07 Å². The third-order valence-electron chi connectivity index (χ3n) is 5.11. The zero-order valence-electron chi connectivity index (χ0n) is 15.0. The van der Waals surface area contributed by atoms with Crippen molar-refractivity contribution in [2.24, 2.45) is 0 Å². The highest BCUT2D eigenvalue weighted by atomic mass is 79.9. The first-order valence-electron chi connectivity index (χ1n) is 9.07. The molecule has 1 N–H and O–H groups in total. The zero-order valence-corrected chi connectivity index (χ0v) is 16.6. The van der Waals surface area contributed by atoms with Gasteiger partial charge >= 0.3 is 6.03 Å². The van der Waals surface area contributed by atoms with Gasteiger partial charge in [-0.3, -0.25) is 0 Å². The van der Waals surface area contributed by atoms with E-state index in [2.05, 4.69) is 50.2 Å². The van der Waals surface area contributed by atoms with Crippen LogP contribution in [0.4, 0.5) is 10.5 Å². The molecule has 2 aromatic carbocycles. The molecule has 2 aliphatic rings. The first-order chi connectivity index (χ1) is 13.7. The minimum Gasteiger partial charge on any atom is -0.454 e. The van der Waals surface area contributed by atoms with Gasteiger partial charge in [0.05, 0.1) is 6.04 Å². The molecule has 0 aliphatic carbocycles. The number of amides is 2. The molecule has 1 atom stereocenters. The maximum absolute atomic E-state index is 13.2. The molecule has 0 radical (unpaired) electrons. The third kappa shape index (κ3) is 3.01. The molecule has 0 bridgehead atoms. The first kappa shape index (κ1) is 17.2. The third-order valence-corrected chi connectivity index (χ3v) is 5.64. The van der Waals surface area contributed by atoms with Gasteiger partial charge in [-0.15, -0.1) is 0 Å². The number of ether oxygens (including phenoxy) is 2. The second-order valence-corrected chi connectivity index (χ2v) is 7.69. The number of urea groups is 1. The van der Waals surface area contributed by atoms with Gasteiger partial charge < -0.3 is 24.3 Å². The molecule has 1 unspecified atom stereocenters. The second-order valence-electron chi connectivity index (χ2n) is 6.77. The molecule has 2 aliphatic heterocycles. The van der Waals surface area contributed by atoms with E-state index in [0.29, 0.717) is 23.7 Å². The van der Waals surface area contributed by atoms with Crippen LogP contribution in [0.1, 0.15) is 17.3 Å². The molecule has 0 saturated heterocycles. The molecule has 2 amide bonds. The smallest absolute Gasteiger partial charge is 0.322 e. The number of aromatic nitrogens is 1. The molecule has 28 heavy (non-hydrogen) atoms. The Morgan fingerprint density at radius 2 is 1.86 bits per heavy atom. The van der Waals surface area contributed by atoms with Crippen molar-refractivity contribution in [2.45, 2.75) is 12.6 Å². The molecular formula is C21H18BrN3O3. The van der Waals surface area contributed by atoms with Crippen LogP contribution < -0.4 is 14.8 Å². The number of hydrogen-bond acceptors (Lipinski definition) is 3. The predicted octanol–water partition coefficient (Wildman–Crippen LogP) is 4.62. The number of benzene rings is 2. The van der Waals surface area contributed by atoms with Gasteiger partial charge in [0.2, 0.25) is 6.79 Å². The van der Waals surface area contributed by atoms with Crippen molar-refractivity contribution in [3.63, 3.8) is 0 Å². The lowest BCUT2D eigenvalue weighted by Crippen LogP contribution is -2.44. The molecule has 7 heteroatoms. The largest absolute Gasteiger partial charge is 0.454 e. The standard InChI is InChI=1S/C21H18BrN3O3/c22-15-5-3-14(4-6-15)20-17-2-1-9-24(17)10-11-25(20)21(26)23-16-7-8-18-19(12-16)28-13-27-18/h1-9,12,20H,10-11,13H2,(H,23,26). The Kier molecular flexibility index (Phi) is 4.24. The summed E-state index contributed by atoms with van der Waals surface area (Å²) >= 11 is 3.49. The Hall–Kier alpha value is -2.93. The van der Waals surface area contributed by atoms with Crippen LogP contribution in [0.5, 0.6) is 11.5 Å². The molecule has 0 saturated carbocycles. The molecule has 142 valence electrons. The van der Waals surface area contributed by atoms with E-state index in [1.165, 1.54) is 0 Å². The van der Waals surface area contributed by atoms with Crippen molar-refractivity contribution in [2.75, 3.05) is 18.7 Å². The van der Waals surface area contributed by atoms with Gasteiger partial charge in [-0.25, -0.2) is 4.79 Å². The lowest BCUT2D eigenvalue weighted by Gasteiger charge is -2.37. The van der Waals surface area contributed by atoms with Crippen LogP contribution in [0.2, 0.25) is 0 Å². The fourth-order valence-electron chi connectivity index (χ4n) is 3.77. The SMILES string of the molecule is O=C(Nc1ccc2c(c1)OCO2)N1CCn2cccc2C1c1ccc(Br)cc1. The first-order valence-corrected chi connectivity index (χ1v) is 9.86. The van der Waals surface area contributed by atoms with Crippen molar-refractivity contribution in [1.29, 1.82) is 0 Å². The van der Waals surface area contributed by atoms with E-state index in [0.717, 1.165) is 22.3 Å². The highest BCUT2D eigenvalue weighted by molar-refractivity contribution is 9.10. The molecule has 6 nitrogen and oxygen atoms in total. The Labute approximate surface area is 170 Å². The van der Waals surface area contributed by atoms with Crippen LogP contribution in [0.3, 0.4) is 0 Å². The summed E-state index contributed by atoms with van der Waals surface area (Å²) in [6, 6.07) is 17.4. The molecule has 0 spiro atoms. The number of fused-ring (bicyclic) bond motifs is 2. The van der Waals surface area contributed by atoms with E-state index in [-0.39, 0.29) is 18.9 Å². The van der Waals surface area contributed by atoms with E-state index >= 15 is 0 Å². The molecule has 1 aromatic heterocycles. The maximum atomic E-state index is 13.2. The summed E-state index contributed by atoms with van der Waals surface area (Å²) in [6.45, 7) is 1.60. The monoisotopic (exact) mass is 439 g/mol. The zero-order chi connectivity index (χ0) is 19.1. The normalized spacial score (nSPS) is 17.3. The number of carbonyl (C=O) groups is 1. The quantitative estimate of drug-likeness (QED) is 0.633. The molecule has 3 aromatic rings. The summed E-state index contributed by atoms with van der Waals surface area (Å²) in [5.74, 6) is 1.34. The van der Waals surface area contributed by atoms with E-state index in [1.807, 2.05) is 35.2 Å². The number of halogens is 1. The van der Waals surface area contributed by atoms with E-state index < -0.39 is 0 Å². The van der Waals surface area contributed by atoms with Crippen LogP contribution in [0, 0.1) is 0 Å². The highest BCUT2D eigenvalue weighted by Gasteiger charge is 2.32. The lowest BCUT2D eigenvalue weighted by molar-refractivity contribution is 0.174. The van der Waals surface area contributed by atoms with Crippen LogP contribution in [-0.4, -0.2) is 28.8 Å². The maximum Gasteiger partial charge on any atom is 0.322 e. The number of nitrogens with one attached hydrogen (secondary N) is 1. The fraction of sp³-hybridized carbons (Fsp3) is 0.190. The topological polar surface area (TPSA) is 55.7 Å². The van der Waals surface area contributed by atoms with E-state index in [9.17, 15) is 4.79 Å². The van der Waals surface area contributed by atoms with Gasteiger partial charge in [0.1, 0.15) is 0 Å². The lowest BCUT2D eigenvalue weighted by atomic mass is 10.0. The Bertz CT molecular complexity index is 1030. The van der Waals surface area contributed by atoms with Crippen LogP contribution in [-0.2, 0) is 6.54 Å². The second kappa shape index (κ2) is 6.91. The van der Waals surface area contributed by atoms with Crippen molar-refractivity contribution in [3.8, 4) is 11.5 Å². The van der Waals surface area contributed by atoms with Crippen molar-refractivity contribution in [3.05, 3.63) is 76.5 Å². The average Bonchev–Trinajstić information content (AvgIpc) is 3.36. The number of rotatable bonds is 2. The summed E-state index contributed by atoms with van der Waals surface area (Å²) in [4.78, 5) is 15.1. The van der Waals surface area contributed by atoms with Crippen molar-refractivity contribution < 1.29 is 14.3 Å². The van der Waals surface area contributed by atoms with Gasteiger partial charge in [-0.05, 0) is 42.0 Å². The van der Waals surface area contributed by atoms with Crippen LogP contribution >= 0.6 is 15.9 Å². The fourth-order valence-corrected chi connectivity index (χ4v) is 4.03. The predicted molar refractivity (Wildman–Crippen MR) is 109 cm³/mol. The van der Waals surface area contributed by atoms with Gasteiger partial charge in [0, 0.05) is 41.2 Å². The van der Waals surface area contributed by atoms with Gasteiger partial charge in [-0.1, -0.05) is 28.1 Å². The van der Waals surface area contributed by atoms with Gasteiger partial charge in [0.25, 0.3) is 0 Å².